The largest absolute Gasteiger partial charge is 0.473 e. The lowest BCUT2D eigenvalue weighted by molar-refractivity contribution is 0.0546. The van der Waals surface area contributed by atoms with Gasteiger partial charge in [-0.3, -0.25) is 4.98 Å². The van der Waals surface area contributed by atoms with Gasteiger partial charge in [0.1, 0.15) is 12.2 Å². The van der Waals surface area contributed by atoms with E-state index in [-0.39, 0.29) is 0 Å². The number of halogens is 1. The van der Waals surface area contributed by atoms with Crippen LogP contribution in [0.3, 0.4) is 0 Å². The maximum absolute atomic E-state index is 13.0. The second kappa shape index (κ2) is 8.35. The molecule has 0 aliphatic heterocycles. The van der Waals surface area contributed by atoms with Crippen molar-refractivity contribution in [3.63, 3.8) is 0 Å². The molecule has 0 amide bonds. The zero-order chi connectivity index (χ0) is 22.0. The summed E-state index contributed by atoms with van der Waals surface area (Å²) in [6.07, 6.45) is 6.08. The first-order valence-electron chi connectivity index (χ1n) is 9.69. The molecule has 4 aromatic rings. The molecule has 8 heteroatoms. The summed E-state index contributed by atoms with van der Waals surface area (Å²) in [6, 6.07) is 10.8. The summed E-state index contributed by atoms with van der Waals surface area (Å²) >= 11 is 6.37. The number of pyridine rings is 3. The Balaban J connectivity index is 1.74. The van der Waals surface area contributed by atoms with Crippen molar-refractivity contribution in [3.05, 3.63) is 71.8 Å². The normalized spacial score (nSPS) is 11.5. The van der Waals surface area contributed by atoms with Gasteiger partial charge in [-0.1, -0.05) is 17.7 Å². The van der Waals surface area contributed by atoms with Crippen molar-refractivity contribution in [2.45, 2.75) is 33.0 Å². The second-order valence-corrected chi connectivity index (χ2v) is 8.32. The number of hydrogen-bond donors (Lipinski definition) is 0. The van der Waals surface area contributed by atoms with E-state index < -0.39 is 11.7 Å². The van der Waals surface area contributed by atoms with E-state index in [4.69, 9.17) is 21.1 Å². The van der Waals surface area contributed by atoms with E-state index in [1.165, 1.54) is 4.57 Å². The van der Waals surface area contributed by atoms with E-state index >= 15 is 0 Å². The fourth-order valence-corrected chi connectivity index (χ4v) is 3.26. The van der Waals surface area contributed by atoms with Gasteiger partial charge in [-0.15, -0.1) is 0 Å². The number of carbonyl (C=O) groups excluding carboxylic acids is 1. The van der Waals surface area contributed by atoms with Gasteiger partial charge in [-0.25, -0.2) is 19.3 Å². The highest BCUT2D eigenvalue weighted by atomic mass is 35.5. The summed E-state index contributed by atoms with van der Waals surface area (Å²) in [5.41, 5.74) is 1.98. The smallest absolute Gasteiger partial charge is 0.420 e. The van der Waals surface area contributed by atoms with Crippen molar-refractivity contribution in [1.29, 1.82) is 0 Å². The number of nitrogens with zero attached hydrogens (tertiary/aromatic N) is 4. The average molecular weight is 437 g/mol. The van der Waals surface area contributed by atoms with Crippen LogP contribution in [0.25, 0.3) is 22.3 Å². The number of rotatable bonds is 4. The molecule has 4 heterocycles. The van der Waals surface area contributed by atoms with E-state index in [2.05, 4.69) is 15.0 Å². The van der Waals surface area contributed by atoms with Gasteiger partial charge in [0.15, 0.2) is 5.65 Å². The predicted molar refractivity (Wildman–Crippen MR) is 118 cm³/mol. The Morgan fingerprint density at radius 3 is 2.65 bits per heavy atom. The summed E-state index contributed by atoms with van der Waals surface area (Å²) in [4.78, 5) is 25.8. The molecule has 0 fully saturated rings. The van der Waals surface area contributed by atoms with Crippen molar-refractivity contribution in [2.75, 3.05) is 0 Å². The molecule has 0 saturated heterocycles. The van der Waals surface area contributed by atoms with E-state index in [1.807, 2.05) is 39.0 Å². The van der Waals surface area contributed by atoms with Crippen LogP contribution in [0, 0.1) is 0 Å². The molecule has 4 aromatic heterocycles. The molecular formula is C23H21ClN4O3. The maximum atomic E-state index is 13.0. The van der Waals surface area contributed by atoms with Crippen molar-refractivity contribution >= 4 is 28.7 Å². The second-order valence-electron chi connectivity index (χ2n) is 7.91. The van der Waals surface area contributed by atoms with Crippen LogP contribution in [-0.2, 0) is 11.3 Å². The highest BCUT2D eigenvalue weighted by Crippen LogP contribution is 2.33. The number of ether oxygens (including phenoxy) is 2. The predicted octanol–water partition coefficient (Wildman–Crippen LogP) is 5.51. The molecular weight excluding hydrogens is 416 g/mol. The van der Waals surface area contributed by atoms with Gasteiger partial charge in [-0.05, 0) is 45.0 Å². The molecule has 0 aromatic carbocycles. The quantitative estimate of drug-likeness (QED) is 0.419. The van der Waals surface area contributed by atoms with Crippen LogP contribution in [0.2, 0.25) is 5.02 Å². The van der Waals surface area contributed by atoms with Crippen molar-refractivity contribution in [3.8, 4) is 17.1 Å². The minimum atomic E-state index is -0.667. The minimum absolute atomic E-state index is 0.326. The Morgan fingerprint density at radius 1 is 1.10 bits per heavy atom. The zero-order valence-corrected chi connectivity index (χ0v) is 18.1. The number of aromatic nitrogens is 4. The Labute approximate surface area is 184 Å². The summed E-state index contributed by atoms with van der Waals surface area (Å²) in [6.45, 7) is 5.77. The fourth-order valence-electron chi connectivity index (χ4n) is 3.06. The van der Waals surface area contributed by atoms with E-state index in [0.29, 0.717) is 34.2 Å². The minimum Gasteiger partial charge on any atom is -0.473 e. The first kappa shape index (κ1) is 20.8. The Hall–Kier alpha value is -3.45. The first-order chi connectivity index (χ1) is 14.8. The molecule has 31 heavy (non-hydrogen) atoms. The number of carbonyl (C=O) groups is 1. The van der Waals surface area contributed by atoms with Gasteiger partial charge in [0, 0.05) is 47.4 Å². The van der Waals surface area contributed by atoms with Crippen LogP contribution in [0.15, 0.2) is 61.2 Å². The van der Waals surface area contributed by atoms with Crippen LogP contribution in [0.1, 0.15) is 26.3 Å². The summed E-state index contributed by atoms with van der Waals surface area (Å²) in [5, 5.41) is 1.15. The van der Waals surface area contributed by atoms with Gasteiger partial charge in [-0.2, -0.15) is 0 Å². The average Bonchev–Trinajstić information content (AvgIpc) is 3.13. The van der Waals surface area contributed by atoms with Crippen molar-refractivity contribution in [1.82, 2.24) is 19.5 Å². The third kappa shape index (κ3) is 4.67. The van der Waals surface area contributed by atoms with Crippen molar-refractivity contribution < 1.29 is 14.3 Å². The Morgan fingerprint density at radius 2 is 1.90 bits per heavy atom. The summed E-state index contributed by atoms with van der Waals surface area (Å²) in [5.74, 6) is 0.418. The van der Waals surface area contributed by atoms with Crippen LogP contribution in [-0.4, -0.2) is 31.2 Å². The van der Waals surface area contributed by atoms with Crippen LogP contribution < -0.4 is 4.74 Å². The van der Waals surface area contributed by atoms with Gasteiger partial charge in [0.2, 0.25) is 5.88 Å². The molecule has 0 atom stereocenters. The molecule has 0 aliphatic carbocycles. The number of fused-ring (bicyclic) bond motifs is 1. The third-order valence-electron chi connectivity index (χ3n) is 4.37. The Bertz CT molecular complexity index is 1230. The number of hydrogen-bond acceptors (Lipinski definition) is 6. The summed E-state index contributed by atoms with van der Waals surface area (Å²) < 4.78 is 12.9. The van der Waals surface area contributed by atoms with E-state index in [9.17, 15) is 4.79 Å². The SMILES string of the molecule is CC(C)(C)OC(=O)n1c(-c2ccnc(OCc3cccnc3)c2)cc2c(Cl)ccnc21. The van der Waals surface area contributed by atoms with Crippen molar-refractivity contribution in [2.24, 2.45) is 0 Å². The lowest BCUT2D eigenvalue weighted by atomic mass is 10.2. The topological polar surface area (TPSA) is 79.1 Å². The van der Waals surface area contributed by atoms with E-state index in [0.717, 1.165) is 11.1 Å². The first-order valence-corrected chi connectivity index (χ1v) is 10.1. The summed E-state index contributed by atoms with van der Waals surface area (Å²) in [7, 11) is 0. The fraction of sp³-hybridized carbons (Fsp3) is 0.217. The highest BCUT2D eigenvalue weighted by Gasteiger charge is 2.24. The molecule has 4 rings (SSSR count). The van der Waals surface area contributed by atoms with Gasteiger partial charge >= 0.3 is 6.09 Å². The lowest BCUT2D eigenvalue weighted by Gasteiger charge is -2.20. The van der Waals surface area contributed by atoms with Crippen LogP contribution in [0.4, 0.5) is 4.79 Å². The van der Waals surface area contributed by atoms with Gasteiger partial charge in [0.05, 0.1) is 10.7 Å². The van der Waals surface area contributed by atoms with Gasteiger partial charge in [0.25, 0.3) is 0 Å². The molecule has 158 valence electrons. The molecule has 0 bridgehead atoms. The molecule has 0 N–H and O–H groups in total. The molecule has 7 nitrogen and oxygen atoms in total. The van der Waals surface area contributed by atoms with Crippen LogP contribution >= 0.6 is 11.6 Å². The van der Waals surface area contributed by atoms with Gasteiger partial charge < -0.3 is 9.47 Å². The van der Waals surface area contributed by atoms with Crippen LogP contribution in [0.5, 0.6) is 5.88 Å². The Kier molecular flexibility index (Phi) is 5.61. The molecule has 0 radical (unpaired) electrons. The van der Waals surface area contributed by atoms with E-state index in [1.54, 1.807) is 43.0 Å². The monoisotopic (exact) mass is 436 g/mol. The molecule has 0 spiro atoms. The molecule has 0 aliphatic rings. The zero-order valence-electron chi connectivity index (χ0n) is 17.4. The lowest BCUT2D eigenvalue weighted by Crippen LogP contribution is -2.27. The molecule has 0 saturated carbocycles. The standard InChI is InChI=1S/C23H21ClN4O3/c1-23(2,3)31-22(29)28-19(12-17-18(24)7-10-27-21(17)28)16-6-9-26-20(11-16)30-14-15-5-4-8-25-13-15/h4-13H,14H2,1-3H3. The third-order valence-corrected chi connectivity index (χ3v) is 4.70. The highest BCUT2D eigenvalue weighted by molar-refractivity contribution is 6.35. The molecule has 0 unspecified atom stereocenters. The maximum Gasteiger partial charge on any atom is 0.420 e.